The van der Waals surface area contributed by atoms with Gasteiger partial charge in [-0.2, -0.15) is 0 Å². The Morgan fingerprint density at radius 3 is 2.52 bits per heavy atom. The van der Waals surface area contributed by atoms with Crippen LogP contribution in [-0.4, -0.2) is 19.0 Å². The van der Waals surface area contributed by atoms with Crippen molar-refractivity contribution in [3.63, 3.8) is 0 Å². The molecule has 148 valence electrons. The van der Waals surface area contributed by atoms with Gasteiger partial charge in [-0.3, -0.25) is 4.79 Å². The monoisotopic (exact) mass is 409 g/mol. The van der Waals surface area contributed by atoms with Crippen molar-refractivity contribution in [3.05, 3.63) is 59.7 Å². The first kappa shape index (κ1) is 23.1. The Morgan fingerprint density at radius 1 is 1.11 bits per heavy atom. The second-order valence-corrected chi connectivity index (χ2v) is 6.78. The number of benzene rings is 2. The van der Waals surface area contributed by atoms with E-state index in [1.807, 2.05) is 31.2 Å². The number of amides is 1. The number of rotatable bonds is 6. The van der Waals surface area contributed by atoms with Gasteiger partial charge in [0.2, 0.25) is 5.91 Å². The van der Waals surface area contributed by atoms with Gasteiger partial charge in [-0.05, 0) is 55.5 Å². The largest absolute Gasteiger partial charge is 0.399 e. The summed E-state index contributed by atoms with van der Waals surface area (Å²) in [5.41, 5.74) is 10.1. The molecule has 1 atom stereocenters. The lowest BCUT2D eigenvalue weighted by Gasteiger charge is -2.21. The summed E-state index contributed by atoms with van der Waals surface area (Å²) >= 11 is 0. The van der Waals surface area contributed by atoms with Crippen molar-refractivity contribution in [1.82, 2.24) is 5.32 Å². The molecule has 0 bridgehead atoms. The summed E-state index contributed by atoms with van der Waals surface area (Å²) < 4.78 is 0. The number of anilines is 2. The summed E-state index contributed by atoms with van der Waals surface area (Å²) in [5.74, 6) is 0.0577. The average molecular weight is 410 g/mol. The molecular formula is C21H29Cl2N3O. The van der Waals surface area contributed by atoms with Crippen molar-refractivity contribution in [2.45, 2.75) is 38.6 Å². The second-order valence-electron chi connectivity index (χ2n) is 6.78. The van der Waals surface area contributed by atoms with Crippen LogP contribution >= 0.6 is 24.8 Å². The number of carbonyl (C=O) groups is 1. The zero-order valence-electron chi connectivity index (χ0n) is 15.7. The number of nitrogens with one attached hydrogen (secondary N) is 1. The van der Waals surface area contributed by atoms with Crippen molar-refractivity contribution >= 4 is 42.1 Å². The molecule has 4 nitrogen and oxygen atoms in total. The normalized spacial score (nSPS) is 14.0. The van der Waals surface area contributed by atoms with E-state index in [9.17, 15) is 4.79 Å². The summed E-state index contributed by atoms with van der Waals surface area (Å²) in [6.07, 6.45) is 3.64. The first-order valence-corrected chi connectivity index (χ1v) is 9.11. The number of carbonyl (C=O) groups excluding carboxylic acids is 1. The smallest absolute Gasteiger partial charge is 0.220 e. The molecule has 1 aliphatic heterocycles. The van der Waals surface area contributed by atoms with Gasteiger partial charge in [0.25, 0.3) is 0 Å². The zero-order chi connectivity index (χ0) is 17.6. The standard InChI is InChI=1S/C21H27N3O.2ClH/c1-16(18-8-6-9-19(15-18)24-13-4-5-14-24)23-21(25)12-11-17-7-2-3-10-20(17)22;;/h2-3,6-10,15-16H,4-5,11-14,22H2,1H3,(H,23,25);2*1H. The lowest BCUT2D eigenvalue weighted by molar-refractivity contribution is -0.121. The molecule has 1 heterocycles. The number of nitrogen functional groups attached to an aromatic ring is 1. The van der Waals surface area contributed by atoms with E-state index >= 15 is 0 Å². The van der Waals surface area contributed by atoms with Crippen LogP contribution in [0.25, 0.3) is 0 Å². The molecular weight excluding hydrogens is 381 g/mol. The molecule has 2 aromatic rings. The molecule has 0 radical (unpaired) electrons. The van der Waals surface area contributed by atoms with Crippen molar-refractivity contribution in [3.8, 4) is 0 Å². The second kappa shape index (κ2) is 11.1. The van der Waals surface area contributed by atoms with E-state index in [2.05, 4.69) is 34.5 Å². The van der Waals surface area contributed by atoms with Crippen molar-refractivity contribution < 1.29 is 4.79 Å². The summed E-state index contributed by atoms with van der Waals surface area (Å²) in [6.45, 7) is 4.29. The Morgan fingerprint density at radius 2 is 1.81 bits per heavy atom. The predicted octanol–water partition coefficient (Wildman–Crippen LogP) is 4.52. The minimum absolute atomic E-state index is 0. The zero-order valence-corrected chi connectivity index (χ0v) is 17.3. The number of nitrogens with zero attached hydrogens (tertiary/aromatic N) is 1. The van der Waals surface area contributed by atoms with Crippen molar-refractivity contribution in [2.75, 3.05) is 23.7 Å². The van der Waals surface area contributed by atoms with Crippen LogP contribution in [0.15, 0.2) is 48.5 Å². The van der Waals surface area contributed by atoms with Gasteiger partial charge in [0.05, 0.1) is 6.04 Å². The number of para-hydroxylation sites is 1. The summed E-state index contributed by atoms with van der Waals surface area (Å²) in [5, 5.41) is 3.11. The summed E-state index contributed by atoms with van der Waals surface area (Å²) in [4.78, 5) is 14.7. The highest BCUT2D eigenvalue weighted by molar-refractivity contribution is 5.85. The van der Waals surface area contributed by atoms with Crippen molar-refractivity contribution in [2.24, 2.45) is 0 Å². The average Bonchev–Trinajstić information content (AvgIpc) is 3.16. The fourth-order valence-electron chi connectivity index (χ4n) is 3.37. The number of nitrogens with two attached hydrogens (primary N) is 1. The van der Waals surface area contributed by atoms with E-state index in [-0.39, 0.29) is 36.8 Å². The Kier molecular flexibility index (Phi) is 9.47. The molecule has 1 amide bonds. The first-order chi connectivity index (χ1) is 12.1. The molecule has 0 aliphatic carbocycles. The molecule has 0 saturated carbocycles. The molecule has 1 fully saturated rings. The SMILES string of the molecule is CC(NC(=O)CCc1ccccc1N)c1cccc(N2CCCC2)c1.Cl.Cl. The highest BCUT2D eigenvalue weighted by Crippen LogP contribution is 2.24. The first-order valence-electron chi connectivity index (χ1n) is 9.11. The molecule has 1 unspecified atom stereocenters. The van der Waals surface area contributed by atoms with Crippen LogP contribution in [0.5, 0.6) is 0 Å². The van der Waals surface area contributed by atoms with Crippen LogP contribution in [0.2, 0.25) is 0 Å². The predicted molar refractivity (Wildman–Crippen MR) is 118 cm³/mol. The fourth-order valence-corrected chi connectivity index (χ4v) is 3.37. The molecule has 3 rings (SSSR count). The maximum Gasteiger partial charge on any atom is 0.220 e. The molecule has 0 aromatic heterocycles. The van der Waals surface area contributed by atoms with E-state index in [1.54, 1.807) is 0 Å². The minimum Gasteiger partial charge on any atom is -0.399 e. The van der Waals surface area contributed by atoms with Crippen LogP contribution in [-0.2, 0) is 11.2 Å². The molecule has 1 saturated heterocycles. The van der Waals surface area contributed by atoms with E-state index in [4.69, 9.17) is 5.73 Å². The lowest BCUT2D eigenvalue weighted by Crippen LogP contribution is -2.27. The molecule has 6 heteroatoms. The van der Waals surface area contributed by atoms with Gasteiger partial charge in [0.15, 0.2) is 0 Å². The van der Waals surface area contributed by atoms with Crippen LogP contribution in [0.3, 0.4) is 0 Å². The van der Waals surface area contributed by atoms with E-state index in [0.717, 1.165) is 29.9 Å². The topological polar surface area (TPSA) is 58.4 Å². The number of hydrogen-bond acceptors (Lipinski definition) is 3. The molecule has 3 N–H and O–H groups in total. The Balaban J connectivity index is 0.00000182. The van der Waals surface area contributed by atoms with Crippen LogP contribution in [0.4, 0.5) is 11.4 Å². The van der Waals surface area contributed by atoms with E-state index in [0.29, 0.717) is 12.8 Å². The third-order valence-corrected chi connectivity index (χ3v) is 4.90. The molecule has 0 spiro atoms. The third kappa shape index (κ3) is 6.33. The molecule has 1 aliphatic rings. The third-order valence-electron chi connectivity index (χ3n) is 4.90. The number of halogens is 2. The Hall–Kier alpha value is -1.91. The van der Waals surface area contributed by atoms with Gasteiger partial charge in [-0.15, -0.1) is 24.8 Å². The van der Waals surface area contributed by atoms with Crippen LogP contribution < -0.4 is 16.0 Å². The van der Waals surface area contributed by atoms with Gasteiger partial charge in [-0.25, -0.2) is 0 Å². The highest BCUT2D eigenvalue weighted by atomic mass is 35.5. The Bertz CT molecular complexity index is 733. The maximum atomic E-state index is 12.3. The summed E-state index contributed by atoms with van der Waals surface area (Å²) in [7, 11) is 0. The van der Waals surface area contributed by atoms with Crippen LogP contribution in [0.1, 0.15) is 43.4 Å². The van der Waals surface area contributed by atoms with Gasteiger partial charge in [-0.1, -0.05) is 30.3 Å². The molecule has 27 heavy (non-hydrogen) atoms. The van der Waals surface area contributed by atoms with Gasteiger partial charge in [0, 0.05) is 30.9 Å². The minimum atomic E-state index is 0. The summed E-state index contributed by atoms with van der Waals surface area (Å²) in [6, 6.07) is 16.2. The van der Waals surface area contributed by atoms with Gasteiger partial charge < -0.3 is 16.0 Å². The van der Waals surface area contributed by atoms with E-state index < -0.39 is 0 Å². The fraction of sp³-hybridized carbons (Fsp3) is 0.381. The van der Waals surface area contributed by atoms with Gasteiger partial charge in [0.1, 0.15) is 0 Å². The molecule has 2 aromatic carbocycles. The van der Waals surface area contributed by atoms with Gasteiger partial charge >= 0.3 is 0 Å². The van der Waals surface area contributed by atoms with E-state index in [1.165, 1.54) is 18.5 Å². The quantitative estimate of drug-likeness (QED) is 0.689. The lowest BCUT2D eigenvalue weighted by atomic mass is 10.1. The van der Waals surface area contributed by atoms with Crippen molar-refractivity contribution in [1.29, 1.82) is 0 Å². The van der Waals surface area contributed by atoms with Crippen LogP contribution in [0, 0.1) is 0 Å². The maximum absolute atomic E-state index is 12.3. The highest BCUT2D eigenvalue weighted by Gasteiger charge is 2.15. The number of hydrogen-bond donors (Lipinski definition) is 2. The Labute approximate surface area is 174 Å². The number of aryl methyl sites for hydroxylation is 1.